The van der Waals surface area contributed by atoms with E-state index in [2.05, 4.69) is 37.2 Å². The summed E-state index contributed by atoms with van der Waals surface area (Å²) in [5.74, 6) is 0.635. The zero-order chi connectivity index (χ0) is 14.9. The lowest BCUT2D eigenvalue weighted by Gasteiger charge is -2.19. The predicted molar refractivity (Wildman–Crippen MR) is 80.2 cm³/mol. The minimum absolute atomic E-state index is 0.285. The largest absolute Gasteiger partial charge is 0.478 e. The second-order valence-electron chi connectivity index (χ2n) is 5.71. The Morgan fingerprint density at radius 2 is 2.05 bits per heavy atom. The molecule has 1 heterocycles. The molecular weight excluding hydrogens is 252 g/mol. The van der Waals surface area contributed by atoms with Crippen molar-refractivity contribution in [2.75, 3.05) is 0 Å². The number of benzene rings is 1. The number of carboxylic acid groups (broad SMARTS) is 1. The number of rotatable bonds is 5. The average Bonchev–Trinajstić information content (AvgIpc) is 2.75. The van der Waals surface area contributed by atoms with Gasteiger partial charge in [0.05, 0.1) is 11.1 Å². The molecule has 0 saturated heterocycles. The number of carbonyl (C=O) groups is 1. The van der Waals surface area contributed by atoms with E-state index in [0.29, 0.717) is 17.5 Å². The van der Waals surface area contributed by atoms with Gasteiger partial charge in [0.1, 0.15) is 11.3 Å². The van der Waals surface area contributed by atoms with Crippen LogP contribution >= 0.6 is 0 Å². The normalized spacial score (nSPS) is 13.1. The van der Waals surface area contributed by atoms with Crippen LogP contribution in [-0.4, -0.2) is 20.6 Å². The number of aromatic nitrogens is 2. The summed E-state index contributed by atoms with van der Waals surface area (Å²) in [6.07, 6.45) is 1.85. The van der Waals surface area contributed by atoms with Crippen LogP contribution in [0, 0.1) is 5.92 Å². The van der Waals surface area contributed by atoms with Crippen LogP contribution in [0.5, 0.6) is 0 Å². The minimum Gasteiger partial charge on any atom is -0.478 e. The van der Waals surface area contributed by atoms with E-state index in [1.807, 2.05) is 6.07 Å². The number of nitrogens with zero attached hydrogens (tertiary/aromatic N) is 2. The van der Waals surface area contributed by atoms with Crippen LogP contribution in [0.2, 0.25) is 0 Å². The second kappa shape index (κ2) is 5.65. The molecule has 0 aliphatic rings. The summed E-state index contributed by atoms with van der Waals surface area (Å²) >= 11 is 0. The van der Waals surface area contributed by atoms with Crippen LogP contribution in [0.25, 0.3) is 11.0 Å². The Kier molecular flexibility index (Phi) is 4.12. The second-order valence-corrected chi connectivity index (χ2v) is 5.71. The number of imidazole rings is 1. The van der Waals surface area contributed by atoms with E-state index in [0.717, 1.165) is 24.2 Å². The summed E-state index contributed by atoms with van der Waals surface area (Å²) < 4.78 is 2.20. The molecule has 0 saturated carbocycles. The number of hydrogen-bond donors (Lipinski definition) is 1. The van der Waals surface area contributed by atoms with Crippen molar-refractivity contribution in [1.82, 2.24) is 9.55 Å². The summed E-state index contributed by atoms with van der Waals surface area (Å²) in [6, 6.07) is 5.70. The highest BCUT2D eigenvalue weighted by atomic mass is 16.4. The van der Waals surface area contributed by atoms with Gasteiger partial charge in [0.25, 0.3) is 0 Å². The van der Waals surface area contributed by atoms with Gasteiger partial charge in [-0.3, -0.25) is 0 Å². The van der Waals surface area contributed by atoms with Crippen molar-refractivity contribution in [1.29, 1.82) is 0 Å². The van der Waals surface area contributed by atoms with Crippen LogP contribution in [-0.2, 0) is 6.42 Å². The molecule has 0 bridgehead atoms. The van der Waals surface area contributed by atoms with Crippen LogP contribution < -0.4 is 0 Å². The molecule has 0 radical (unpaired) electrons. The van der Waals surface area contributed by atoms with E-state index in [4.69, 9.17) is 0 Å². The highest BCUT2D eigenvalue weighted by molar-refractivity contribution is 6.01. The van der Waals surface area contributed by atoms with Gasteiger partial charge in [-0.15, -0.1) is 0 Å². The molecule has 2 rings (SSSR count). The maximum absolute atomic E-state index is 11.3. The standard InChI is InChI=1S/C16H22N2O2/c1-5-14-17-15-12(16(19)20)7-6-8-13(15)18(14)11(4)9-10(2)3/h6-8,10-11H,5,9H2,1-4H3,(H,19,20). The molecule has 108 valence electrons. The Morgan fingerprint density at radius 3 is 2.60 bits per heavy atom. The monoisotopic (exact) mass is 274 g/mol. The third-order valence-electron chi connectivity index (χ3n) is 3.59. The molecule has 4 nitrogen and oxygen atoms in total. The molecule has 0 aliphatic heterocycles. The smallest absolute Gasteiger partial charge is 0.337 e. The number of aromatic carboxylic acids is 1. The maximum Gasteiger partial charge on any atom is 0.337 e. The maximum atomic E-state index is 11.3. The van der Waals surface area contributed by atoms with Crippen LogP contribution in [0.1, 0.15) is 56.3 Å². The minimum atomic E-state index is -0.917. The van der Waals surface area contributed by atoms with Gasteiger partial charge in [0.2, 0.25) is 0 Å². The average molecular weight is 274 g/mol. The quantitative estimate of drug-likeness (QED) is 0.899. The molecule has 1 aromatic heterocycles. The Hall–Kier alpha value is -1.84. The van der Waals surface area contributed by atoms with Crippen molar-refractivity contribution in [2.45, 2.75) is 46.6 Å². The number of carboxylic acids is 1. The number of aryl methyl sites for hydroxylation is 1. The molecular formula is C16H22N2O2. The number of fused-ring (bicyclic) bond motifs is 1. The third-order valence-corrected chi connectivity index (χ3v) is 3.59. The summed E-state index contributed by atoms with van der Waals surface area (Å²) in [4.78, 5) is 15.9. The van der Waals surface area contributed by atoms with Gasteiger partial charge in [-0.1, -0.05) is 26.8 Å². The van der Waals surface area contributed by atoms with Crippen molar-refractivity contribution < 1.29 is 9.90 Å². The van der Waals surface area contributed by atoms with Gasteiger partial charge in [0, 0.05) is 12.5 Å². The molecule has 0 fully saturated rings. The van der Waals surface area contributed by atoms with E-state index in [9.17, 15) is 9.90 Å². The molecule has 1 N–H and O–H groups in total. The van der Waals surface area contributed by atoms with Gasteiger partial charge in [-0.05, 0) is 31.4 Å². The van der Waals surface area contributed by atoms with Crippen LogP contribution in [0.15, 0.2) is 18.2 Å². The summed E-state index contributed by atoms with van der Waals surface area (Å²) in [5.41, 5.74) is 1.81. The Morgan fingerprint density at radius 1 is 1.35 bits per heavy atom. The van der Waals surface area contributed by atoms with Gasteiger partial charge in [0.15, 0.2) is 0 Å². The first kappa shape index (κ1) is 14.6. The van der Waals surface area contributed by atoms with E-state index >= 15 is 0 Å². The fourth-order valence-corrected chi connectivity index (χ4v) is 2.87. The van der Waals surface area contributed by atoms with E-state index in [1.165, 1.54) is 0 Å². The molecule has 1 unspecified atom stereocenters. The molecule has 0 amide bonds. The van der Waals surface area contributed by atoms with E-state index in [-0.39, 0.29) is 5.56 Å². The molecule has 0 spiro atoms. The Bertz CT molecular complexity index is 629. The van der Waals surface area contributed by atoms with E-state index < -0.39 is 5.97 Å². The summed E-state index contributed by atoms with van der Waals surface area (Å²) in [5, 5.41) is 9.29. The van der Waals surface area contributed by atoms with Crippen molar-refractivity contribution in [3.63, 3.8) is 0 Å². The first-order chi connectivity index (χ1) is 9.45. The zero-order valence-electron chi connectivity index (χ0n) is 12.6. The Labute approximate surface area is 119 Å². The van der Waals surface area contributed by atoms with Crippen molar-refractivity contribution >= 4 is 17.0 Å². The molecule has 1 atom stereocenters. The molecule has 1 aromatic carbocycles. The van der Waals surface area contributed by atoms with Crippen molar-refractivity contribution in [2.24, 2.45) is 5.92 Å². The summed E-state index contributed by atoms with van der Waals surface area (Å²) in [7, 11) is 0. The highest BCUT2D eigenvalue weighted by Gasteiger charge is 2.19. The van der Waals surface area contributed by atoms with Crippen molar-refractivity contribution in [3.8, 4) is 0 Å². The van der Waals surface area contributed by atoms with Crippen molar-refractivity contribution in [3.05, 3.63) is 29.6 Å². The first-order valence-corrected chi connectivity index (χ1v) is 7.18. The lowest BCUT2D eigenvalue weighted by atomic mass is 10.0. The van der Waals surface area contributed by atoms with Gasteiger partial charge < -0.3 is 9.67 Å². The molecule has 4 heteroatoms. The van der Waals surface area contributed by atoms with Crippen LogP contribution in [0.3, 0.4) is 0 Å². The zero-order valence-corrected chi connectivity index (χ0v) is 12.6. The predicted octanol–water partition coefficient (Wildman–Crippen LogP) is 3.90. The van der Waals surface area contributed by atoms with Gasteiger partial charge in [-0.25, -0.2) is 9.78 Å². The molecule has 20 heavy (non-hydrogen) atoms. The molecule has 2 aromatic rings. The SMILES string of the molecule is CCc1nc2c(C(=O)O)cccc2n1C(C)CC(C)C. The topological polar surface area (TPSA) is 55.1 Å². The third kappa shape index (κ3) is 2.55. The van der Waals surface area contributed by atoms with Crippen LogP contribution in [0.4, 0.5) is 0 Å². The summed E-state index contributed by atoms with van der Waals surface area (Å²) in [6.45, 7) is 8.63. The Balaban J connectivity index is 2.64. The fraction of sp³-hybridized carbons (Fsp3) is 0.500. The highest BCUT2D eigenvalue weighted by Crippen LogP contribution is 2.27. The lowest BCUT2D eigenvalue weighted by Crippen LogP contribution is -2.11. The first-order valence-electron chi connectivity index (χ1n) is 7.18. The van der Waals surface area contributed by atoms with Gasteiger partial charge in [-0.2, -0.15) is 0 Å². The van der Waals surface area contributed by atoms with E-state index in [1.54, 1.807) is 12.1 Å². The number of hydrogen-bond acceptors (Lipinski definition) is 2. The molecule has 0 aliphatic carbocycles. The number of para-hydroxylation sites is 1. The van der Waals surface area contributed by atoms with Gasteiger partial charge >= 0.3 is 5.97 Å². The fourth-order valence-electron chi connectivity index (χ4n) is 2.87. The lowest BCUT2D eigenvalue weighted by molar-refractivity contribution is 0.0699.